The molecule has 2 aromatic carbocycles. The van der Waals surface area contributed by atoms with Crippen LogP contribution in [0, 0.1) is 11.3 Å². The van der Waals surface area contributed by atoms with Gasteiger partial charge in [-0.25, -0.2) is 0 Å². The van der Waals surface area contributed by atoms with Gasteiger partial charge in [0.2, 0.25) is 0 Å². The number of ether oxygens (including phenoxy) is 1. The van der Waals surface area contributed by atoms with Crippen LogP contribution in [0.2, 0.25) is 0 Å². The quantitative estimate of drug-likeness (QED) is 0.892. The van der Waals surface area contributed by atoms with Crippen molar-refractivity contribution in [2.24, 2.45) is 0 Å². The average molecular weight is 307 g/mol. The molecule has 1 heterocycles. The minimum Gasteiger partial charge on any atom is -0.479 e. The molecular weight excluding hydrogens is 294 g/mol. The summed E-state index contributed by atoms with van der Waals surface area (Å²) < 4.78 is 5.49. The second-order valence-corrected chi connectivity index (χ2v) is 5.07. The SMILES string of the molecule is CC1Oc2cc(C(=O)Nc3ccccc3C#N)ccc2NC1=O. The smallest absolute Gasteiger partial charge is 0.265 e. The Hall–Kier alpha value is -3.33. The van der Waals surface area contributed by atoms with Crippen molar-refractivity contribution in [2.45, 2.75) is 13.0 Å². The number of fused-ring (bicyclic) bond motifs is 1. The molecule has 3 rings (SSSR count). The summed E-state index contributed by atoms with van der Waals surface area (Å²) >= 11 is 0. The van der Waals surface area contributed by atoms with E-state index in [2.05, 4.69) is 10.6 Å². The van der Waals surface area contributed by atoms with Gasteiger partial charge in [-0.15, -0.1) is 0 Å². The van der Waals surface area contributed by atoms with Gasteiger partial charge in [0.25, 0.3) is 11.8 Å². The van der Waals surface area contributed by atoms with E-state index in [1.54, 1.807) is 49.4 Å². The molecule has 6 nitrogen and oxygen atoms in total. The Bertz CT molecular complexity index is 839. The Morgan fingerprint density at radius 3 is 2.87 bits per heavy atom. The summed E-state index contributed by atoms with van der Waals surface area (Å²) in [6.07, 6.45) is -0.611. The number of hydrogen-bond acceptors (Lipinski definition) is 4. The van der Waals surface area contributed by atoms with E-state index in [0.717, 1.165) is 0 Å². The Kier molecular flexibility index (Phi) is 3.69. The standard InChI is InChI=1S/C17H13N3O3/c1-10-16(21)20-14-7-6-11(8-15(14)23-10)17(22)19-13-5-3-2-4-12(13)9-18/h2-8,10H,1H3,(H,19,22)(H,20,21). The van der Waals surface area contributed by atoms with E-state index in [-0.39, 0.29) is 11.8 Å². The molecule has 2 N–H and O–H groups in total. The van der Waals surface area contributed by atoms with Crippen LogP contribution in [0.1, 0.15) is 22.8 Å². The number of nitriles is 1. The van der Waals surface area contributed by atoms with Crippen LogP contribution < -0.4 is 15.4 Å². The van der Waals surface area contributed by atoms with E-state index >= 15 is 0 Å². The highest BCUT2D eigenvalue weighted by atomic mass is 16.5. The minimum absolute atomic E-state index is 0.224. The molecule has 0 fully saturated rings. The molecule has 114 valence electrons. The maximum Gasteiger partial charge on any atom is 0.265 e. The Labute approximate surface area is 132 Å². The molecule has 0 radical (unpaired) electrons. The van der Waals surface area contributed by atoms with Crippen molar-refractivity contribution in [2.75, 3.05) is 10.6 Å². The number of carbonyl (C=O) groups is 2. The van der Waals surface area contributed by atoms with Crippen LogP contribution in [0.3, 0.4) is 0 Å². The number of para-hydroxylation sites is 1. The first-order valence-electron chi connectivity index (χ1n) is 7.00. The zero-order valence-corrected chi connectivity index (χ0v) is 12.3. The molecule has 0 saturated carbocycles. The van der Waals surface area contributed by atoms with Crippen molar-refractivity contribution in [1.82, 2.24) is 0 Å². The van der Waals surface area contributed by atoms with Gasteiger partial charge in [-0.1, -0.05) is 12.1 Å². The summed E-state index contributed by atoms with van der Waals surface area (Å²) in [5.74, 6) is -0.139. The van der Waals surface area contributed by atoms with Crippen molar-refractivity contribution in [3.8, 4) is 11.8 Å². The van der Waals surface area contributed by atoms with Crippen LogP contribution in [0.15, 0.2) is 42.5 Å². The number of amides is 2. The maximum absolute atomic E-state index is 12.4. The average Bonchev–Trinajstić information content (AvgIpc) is 2.56. The van der Waals surface area contributed by atoms with Gasteiger partial charge in [-0.3, -0.25) is 9.59 Å². The number of anilines is 2. The van der Waals surface area contributed by atoms with Crippen LogP contribution in [0.4, 0.5) is 11.4 Å². The number of nitrogens with one attached hydrogen (secondary N) is 2. The highest BCUT2D eigenvalue weighted by Crippen LogP contribution is 2.30. The molecule has 0 bridgehead atoms. The molecule has 2 amide bonds. The van der Waals surface area contributed by atoms with Gasteiger partial charge in [-0.05, 0) is 37.3 Å². The first-order valence-corrected chi connectivity index (χ1v) is 7.00. The number of nitrogens with zero attached hydrogens (tertiary/aromatic N) is 1. The van der Waals surface area contributed by atoms with Crippen molar-refractivity contribution < 1.29 is 14.3 Å². The Balaban J connectivity index is 1.85. The zero-order valence-electron chi connectivity index (χ0n) is 12.3. The van der Waals surface area contributed by atoms with E-state index in [0.29, 0.717) is 28.3 Å². The van der Waals surface area contributed by atoms with Crippen molar-refractivity contribution in [1.29, 1.82) is 5.26 Å². The normalized spacial score (nSPS) is 15.7. The maximum atomic E-state index is 12.4. The van der Waals surface area contributed by atoms with Gasteiger partial charge in [0.15, 0.2) is 6.10 Å². The lowest BCUT2D eigenvalue weighted by molar-refractivity contribution is -0.122. The lowest BCUT2D eigenvalue weighted by atomic mass is 10.1. The summed E-state index contributed by atoms with van der Waals surface area (Å²) in [4.78, 5) is 23.9. The first kappa shape index (κ1) is 14.6. The predicted octanol–water partition coefficient (Wildman–Crippen LogP) is 2.53. The van der Waals surface area contributed by atoms with Crippen LogP contribution >= 0.6 is 0 Å². The minimum atomic E-state index is -0.611. The Morgan fingerprint density at radius 1 is 1.30 bits per heavy atom. The Morgan fingerprint density at radius 2 is 2.09 bits per heavy atom. The summed E-state index contributed by atoms with van der Waals surface area (Å²) in [5.41, 5.74) is 1.73. The van der Waals surface area contributed by atoms with E-state index < -0.39 is 6.10 Å². The van der Waals surface area contributed by atoms with Gasteiger partial charge in [0.1, 0.15) is 11.8 Å². The number of rotatable bonds is 2. The summed E-state index contributed by atoms with van der Waals surface area (Å²) in [5, 5.41) is 14.5. The second-order valence-electron chi connectivity index (χ2n) is 5.07. The van der Waals surface area contributed by atoms with Crippen molar-refractivity contribution in [3.63, 3.8) is 0 Å². The lowest BCUT2D eigenvalue weighted by Crippen LogP contribution is -2.34. The lowest BCUT2D eigenvalue weighted by Gasteiger charge is -2.23. The molecule has 0 saturated heterocycles. The largest absolute Gasteiger partial charge is 0.479 e. The van der Waals surface area contributed by atoms with E-state index in [9.17, 15) is 9.59 Å². The van der Waals surface area contributed by atoms with Gasteiger partial charge in [0, 0.05) is 5.56 Å². The van der Waals surface area contributed by atoms with E-state index in [1.165, 1.54) is 0 Å². The molecule has 1 aliphatic rings. The van der Waals surface area contributed by atoms with Gasteiger partial charge < -0.3 is 15.4 Å². The van der Waals surface area contributed by atoms with Crippen LogP contribution in [0.5, 0.6) is 5.75 Å². The number of carbonyl (C=O) groups excluding carboxylic acids is 2. The van der Waals surface area contributed by atoms with E-state index in [1.807, 2.05) is 6.07 Å². The molecule has 2 aromatic rings. The molecule has 0 aliphatic carbocycles. The topological polar surface area (TPSA) is 91.2 Å². The summed E-state index contributed by atoms with van der Waals surface area (Å²) in [7, 11) is 0. The van der Waals surface area contributed by atoms with Gasteiger partial charge in [-0.2, -0.15) is 5.26 Å². The van der Waals surface area contributed by atoms with E-state index in [4.69, 9.17) is 10.00 Å². The fraction of sp³-hybridized carbons (Fsp3) is 0.118. The molecular formula is C17H13N3O3. The predicted molar refractivity (Wildman–Crippen MR) is 84.3 cm³/mol. The summed E-state index contributed by atoms with van der Waals surface area (Å²) in [6, 6.07) is 13.5. The highest BCUT2D eigenvalue weighted by molar-refractivity contribution is 6.06. The van der Waals surface area contributed by atoms with Crippen LogP contribution in [-0.2, 0) is 4.79 Å². The van der Waals surface area contributed by atoms with Crippen LogP contribution in [0.25, 0.3) is 0 Å². The molecule has 23 heavy (non-hydrogen) atoms. The fourth-order valence-corrected chi connectivity index (χ4v) is 2.23. The van der Waals surface area contributed by atoms with Crippen molar-refractivity contribution >= 4 is 23.2 Å². The first-order chi connectivity index (χ1) is 11.1. The molecule has 1 atom stereocenters. The highest BCUT2D eigenvalue weighted by Gasteiger charge is 2.24. The van der Waals surface area contributed by atoms with Gasteiger partial charge in [0.05, 0.1) is 16.9 Å². The van der Waals surface area contributed by atoms with Gasteiger partial charge >= 0.3 is 0 Å². The molecule has 0 aromatic heterocycles. The molecule has 0 spiro atoms. The van der Waals surface area contributed by atoms with Crippen molar-refractivity contribution in [3.05, 3.63) is 53.6 Å². The number of hydrogen-bond donors (Lipinski definition) is 2. The monoisotopic (exact) mass is 307 g/mol. The number of benzene rings is 2. The third kappa shape index (κ3) is 2.85. The molecule has 1 unspecified atom stereocenters. The second kappa shape index (κ2) is 5.81. The third-order valence-corrected chi connectivity index (χ3v) is 3.47. The zero-order chi connectivity index (χ0) is 16.4. The molecule has 1 aliphatic heterocycles. The van der Waals surface area contributed by atoms with Crippen LogP contribution in [-0.4, -0.2) is 17.9 Å². The molecule has 6 heteroatoms. The summed E-state index contributed by atoms with van der Waals surface area (Å²) in [6.45, 7) is 1.63. The third-order valence-electron chi connectivity index (χ3n) is 3.47. The fourth-order valence-electron chi connectivity index (χ4n) is 2.23.